The number of nitrogens with zero attached hydrogens (tertiary/aromatic N) is 1. The van der Waals surface area contributed by atoms with Crippen LogP contribution < -0.4 is 10.1 Å². The molecule has 1 aromatic carbocycles. The van der Waals surface area contributed by atoms with Gasteiger partial charge in [0.25, 0.3) is 0 Å². The van der Waals surface area contributed by atoms with E-state index in [0.29, 0.717) is 6.54 Å². The molecule has 0 atom stereocenters. The molecule has 1 aromatic heterocycles. The highest BCUT2D eigenvalue weighted by atomic mass is 16.5. The van der Waals surface area contributed by atoms with Gasteiger partial charge in [-0.15, -0.1) is 0 Å². The second-order valence-corrected chi connectivity index (χ2v) is 3.77. The fourth-order valence-electron chi connectivity index (χ4n) is 1.50. The van der Waals surface area contributed by atoms with Gasteiger partial charge in [-0.3, -0.25) is 0 Å². The van der Waals surface area contributed by atoms with Crippen molar-refractivity contribution in [2.75, 3.05) is 11.9 Å². The van der Waals surface area contributed by atoms with Crippen LogP contribution in [0.1, 0.15) is 19.2 Å². The molecule has 0 amide bonds. The van der Waals surface area contributed by atoms with Crippen molar-refractivity contribution in [3.8, 4) is 5.75 Å². The third-order valence-corrected chi connectivity index (χ3v) is 2.32. The Kier molecular flexibility index (Phi) is 4.02. The molecule has 4 heteroatoms. The molecule has 0 bridgehead atoms. The number of benzene rings is 1. The van der Waals surface area contributed by atoms with E-state index in [4.69, 9.17) is 4.74 Å². The average Bonchev–Trinajstić information content (AvgIpc) is 2.87. The molecule has 0 spiro atoms. The van der Waals surface area contributed by atoms with Crippen LogP contribution in [0.5, 0.6) is 5.75 Å². The first-order valence-electron chi connectivity index (χ1n) is 5.83. The molecule has 0 fully saturated rings. The largest absolute Gasteiger partial charge is 0.494 e. The summed E-state index contributed by atoms with van der Waals surface area (Å²) in [6, 6.07) is 7.96. The van der Waals surface area contributed by atoms with E-state index in [0.717, 1.165) is 30.3 Å². The first kappa shape index (κ1) is 11.5. The Bertz CT molecular complexity index is 440. The van der Waals surface area contributed by atoms with Crippen LogP contribution in [0, 0.1) is 0 Å². The molecular weight excluding hydrogens is 214 g/mol. The molecular formula is C13H17N3O. The number of rotatable bonds is 6. The monoisotopic (exact) mass is 231 g/mol. The molecule has 2 rings (SSSR count). The Morgan fingerprint density at radius 1 is 1.41 bits per heavy atom. The van der Waals surface area contributed by atoms with E-state index in [1.165, 1.54) is 0 Å². The van der Waals surface area contributed by atoms with Crippen molar-refractivity contribution in [2.24, 2.45) is 0 Å². The van der Waals surface area contributed by atoms with Crippen molar-refractivity contribution in [3.63, 3.8) is 0 Å². The zero-order valence-electron chi connectivity index (χ0n) is 9.94. The summed E-state index contributed by atoms with van der Waals surface area (Å²) in [5, 5.41) is 3.29. The van der Waals surface area contributed by atoms with Crippen LogP contribution in [-0.4, -0.2) is 16.6 Å². The maximum absolute atomic E-state index is 5.57. The molecule has 0 aliphatic rings. The van der Waals surface area contributed by atoms with Gasteiger partial charge in [0.15, 0.2) is 0 Å². The predicted octanol–water partition coefficient (Wildman–Crippen LogP) is 2.81. The van der Waals surface area contributed by atoms with Crippen molar-refractivity contribution in [1.82, 2.24) is 9.97 Å². The summed E-state index contributed by atoms with van der Waals surface area (Å²) in [7, 11) is 0. The number of nitrogens with one attached hydrogen (secondary N) is 2. The lowest BCUT2D eigenvalue weighted by Gasteiger charge is -2.08. The van der Waals surface area contributed by atoms with E-state index in [2.05, 4.69) is 22.2 Å². The van der Waals surface area contributed by atoms with Crippen LogP contribution in [0.2, 0.25) is 0 Å². The molecule has 2 aromatic rings. The van der Waals surface area contributed by atoms with Crippen molar-refractivity contribution in [3.05, 3.63) is 42.5 Å². The molecule has 0 unspecified atom stereocenters. The van der Waals surface area contributed by atoms with Gasteiger partial charge in [0.1, 0.15) is 11.6 Å². The van der Waals surface area contributed by atoms with E-state index >= 15 is 0 Å². The quantitative estimate of drug-likeness (QED) is 0.803. The lowest BCUT2D eigenvalue weighted by atomic mass is 10.3. The molecule has 0 saturated heterocycles. The number of hydrogen-bond acceptors (Lipinski definition) is 3. The Balaban J connectivity index is 1.91. The third-order valence-electron chi connectivity index (χ3n) is 2.32. The van der Waals surface area contributed by atoms with Gasteiger partial charge < -0.3 is 15.0 Å². The predicted molar refractivity (Wildman–Crippen MR) is 68.1 cm³/mol. The highest BCUT2D eigenvalue weighted by Gasteiger charge is 1.98. The molecule has 0 aliphatic carbocycles. The van der Waals surface area contributed by atoms with Gasteiger partial charge in [-0.1, -0.05) is 13.0 Å². The van der Waals surface area contributed by atoms with E-state index < -0.39 is 0 Å². The second kappa shape index (κ2) is 5.94. The van der Waals surface area contributed by atoms with Crippen LogP contribution >= 0.6 is 0 Å². The van der Waals surface area contributed by atoms with Gasteiger partial charge in [0, 0.05) is 24.1 Å². The third kappa shape index (κ3) is 3.52. The number of aromatic nitrogens is 2. The van der Waals surface area contributed by atoms with E-state index in [1.807, 2.05) is 30.5 Å². The number of anilines is 1. The minimum atomic E-state index is 0.685. The molecule has 0 aliphatic heterocycles. The van der Waals surface area contributed by atoms with Crippen molar-refractivity contribution in [2.45, 2.75) is 19.9 Å². The Hall–Kier alpha value is -1.97. The average molecular weight is 231 g/mol. The van der Waals surface area contributed by atoms with Gasteiger partial charge in [0.2, 0.25) is 0 Å². The number of ether oxygens (including phenoxy) is 1. The molecule has 0 saturated carbocycles. The Labute approximate surface area is 101 Å². The molecule has 1 heterocycles. The van der Waals surface area contributed by atoms with Crippen molar-refractivity contribution < 1.29 is 4.74 Å². The van der Waals surface area contributed by atoms with E-state index in [-0.39, 0.29) is 0 Å². The summed E-state index contributed by atoms with van der Waals surface area (Å²) in [4.78, 5) is 7.21. The summed E-state index contributed by atoms with van der Waals surface area (Å²) < 4.78 is 5.57. The number of H-pyrrole nitrogens is 1. The standard InChI is InChI=1S/C13H17N3O/c1-2-8-17-12-5-3-4-11(9-12)16-10-13-14-6-7-15-13/h3-7,9,16H,2,8,10H2,1H3,(H,14,15). The SMILES string of the molecule is CCCOc1cccc(NCc2ncc[nH]2)c1. The molecule has 0 radical (unpaired) electrons. The fraction of sp³-hybridized carbons (Fsp3) is 0.308. The van der Waals surface area contributed by atoms with Gasteiger partial charge >= 0.3 is 0 Å². The van der Waals surface area contributed by atoms with Gasteiger partial charge in [0.05, 0.1) is 13.2 Å². The maximum atomic E-state index is 5.57. The maximum Gasteiger partial charge on any atom is 0.125 e. The van der Waals surface area contributed by atoms with Gasteiger partial charge in [-0.05, 0) is 18.6 Å². The smallest absolute Gasteiger partial charge is 0.125 e. The molecule has 17 heavy (non-hydrogen) atoms. The fourth-order valence-corrected chi connectivity index (χ4v) is 1.50. The summed E-state index contributed by atoms with van der Waals surface area (Å²) in [5.74, 6) is 1.82. The minimum Gasteiger partial charge on any atom is -0.494 e. The number of hydrogen-bond donors (Lipinski definition) is 2. The highest BCUT2D eigenvalue weighted by molar-refractivity contribution is 5.48. The van der Waals surface area contributed by atoms with Crippen LogP contribution in [0.4, 0.5) is 5.69 Å². The minimum absolute atomic E-state index is 0.685. The topological polar surface area (TPSA) is 49.9 Å². The second-order valence-electron chi connectivity index (χ2n) is 3.77. The molecule has 4 nitrogen and oxygen atoms in total. The Morgan fingerprint density at radius 3 is 3.12 bits per heavy atom. The summed E-state index contributed by atoms with van der Waals surface area (Å²) in [5.41, 5.74) is 1.04. The first-order chi connectivity index (χ1) is 8.38. The summed E-state index contributed by atoms with van der Waals surface area (Å²) >= 11 is 0. The van der Waals surface area contributed by atoms with Crippen LogP contribution in [-0.2, 0) is 6.54 Å². The van der Waals surface area contributed by atoms with Crippen molar-refractivity contribution >= 4 is 5.69 Å². The first-order valence-corrected chi connectivity index (χ1v) is 5.83. The van der Waals surface area contributed by atoms with E-state index in [1.54, 1.807) is 6.20 Å². The number of imidazole rings is 1. The molecule has 90 valence electrons. The summed E-state index contributed by atoms with van der Waals surface area (Å²) in [6.45, 7) is 3.53. The number of aromatic amines is 1. The van der Waals surface area contributed by atoms with Crippen molar-refractivity contribution in [1.29, 1.82) is 0 Å². The van der Waals surface area contributed by atoms with Gasteiger partial charge in [-0.25, -0.2) is 4.98 Å². The van der Waals surface area contributed by atoms with E-state index in [9.17, 15) is 0 Å². The van der Waals surface area contributed by atoms with Crippen LogP contribution in [0.25, 0.3) is 0 Å². The zero-order valence-corrected chi connectivity index (χ0v) is 9.94. The van der Waals surface area contributed by atoms with Gasteiger partial charge in [-0.2, -0.15) is 0 Å². The molecule has 2 N–H and O–H groups in total. The normalized spacial score (nSPS) is 10.2. The van der Waals surface area contributed by atoms with Crippen LogP contribution in [0.3, 0.4) is 0 Å². The summed E-state index contributed by atoms with van der Waals surface area (Å²) in [6.07, 6.45) is 4.58. The lowest BCUT2D eigenvalue weighted by molar-refractivity contribution is 0.317. The Morgan fingerprint density at radius 2 is 2.35 bits per heavy atom. The lowest BCUT2D eigenvalue weighted by Crippen LogP contribution is -2.01. The zero-order chi connectivity index (χ0) is 11.9. The van der Waals surface area contributed by atoms with Crippen LogP contribution in [0.15, 0.2) is 36.7 Å². The highest BCUT2D eigenvalue weighted by Crippen LogP contribution is 2.17.